The van der Waals surface area contributed by atoms with Gasteiger partial charge in [-0.1, -0.05) is 58.3 Å². The maximum absolute atomic E-state index is 9.03. The van der Waals surface area contributed by atoms with Crippen molar-refractivity contribution in [3.63, 3.8) is 0 Å². The van der Waals surface area contributed by atoms with Crippen molar-refractivity contribution in [1.29, 1.82) is 0 Å². The Morgan fingerprint density at radius 2 is 1.35 bits per heavy atom. The molecule has 0 heterocycles. The molecule has 2 N–H and O–H groups in total. The smallest absolute Gasteiger partial charge is 0.300 e. The zero-order valence-electron chi connectivity index (χ0n) is 11.7. The minimum Gasteiger partial charge on any atom is -0.481 e. The molecule has 0 aromatic rings. The van der Waals surface area contributed by atoms with Crippen molar-refractivity contribution in [2.45, 2.75) is 84.7 Å². The highest BCUT2D eigenvalue weighted by atomic mass is 16.4. The van der Waals surface area contributed by atoms with Gasteiger partial charge in [0.25, 0.3) is 5.97 Å². The SMILES string of the molecule is CC(=O)O.CCCCCCCCCCC(C)O. The van der Waals surface area contributed by atoms with E-state index in [-0.39, 0.29) is 6.10 Å². The topological polar surface area (TPSA) is 57.5 Å². The molecule has 3 heteroatoms. The zero-order chi connectivity index (χ0) is 13.5. The normalized spacial score (nSPS) is 11.5. The Balaban J connectivity index is 0. The van der Waals surface area contributed by atoms with E-state index in [1.165, 1.54) is 51.4 Å². The lowest BCUT2D eigenvalue weighted by molar-refractivity contribution is -0.134. The number of hydrogen-bond donors (Lipinski definition) is 2. The van der Waals surface area contributed by atoms with Crippen molar-refractivity contribution >= 4 is 5.97 Å². The Kier molecular flexibility index (Phi) is 17.1. The van der Waals surface area contributed by atoms with Crippen molar-refractivity contribution in [2.24, 2.45) is 0 Å². The highest BCUT2D eigenvalue weighted by Gasteiger charge is 1.95. The molecule has 0 rings (SSSR count). The second-order valence-corrected chi connectivity index (χ2v) is 4.63. The van der Waals surface area contributed by atoms with Crippen molar-refractivity contribution in [2.75, 3.05) is 0 Å². The first-order valence-corrected chi connectivity index (χ1v) is 6.88. The summed E-state index contributed by atoms with van der Waals surface area (Å²) < 4.78 is 0. The quantitative estimate of drug-likeness (QED) is 0.605. The summed E-state index contributed by atoms with van der Waals surface area (Å²) in [6.07, 6.45) is 11.7. The first-order valence-electron chi connectivity index (χ1n) is 6.88. The van der Waals surface area contributed by atoms with Crippen molar-refractivity contribution in [3.8, 4) is 0 Å². The lowest BCUT2D eigenvalue weighted by Gasteiger charge is -2.03. The third-order valence-electron chi connectivity index (χ3n) is 2.48. The van der Waals surface area contributed by atoms with Crippen LogP contribution in [-0.4, -0.2) is 22.3 Å². The third kappa shape index (κ3) is 31.3. The molecule has 0 fully saturated rings. The molecule has 0 amide bonds. The summed E-state index contributed by atoms with van der Waals surface area (Å²) in [5.74, 6) is -0.833. The number of carboxylic acids is 1. The number of aliphatic hydroxyl groups is 1. The summed E-state index contributed by atoms with van der Waals surface area (Å²) in [6.45, 7) is 5.21. The minimum absolute atomic E-state index is 0.0971. The average Bonchev–Trinajstić information content (AvgIpc) is 2.21. The number of carbonyl (C=O) groups is 1. The molecule has 0 aromatic carbocycles. The number of unbranched alkanes of at least 4 members (excludes halogenated alkanes) is 7. The van der Waals surface area contributed by atoms with Crippen LogP contribution in [0.2, 0.25) is 0 Å². The predicted octanol–water partition coefficient (Wildman–Crippen LogP) is 3.99. The van der Waals surface area contributed by atoms with Gasteiger partial charge in [-0.3, -0.25) is 4.79 Å². The highest BCUT2D eigenvalue weighted by molar-refractivity contribution is 5.62. The van der Waals surface area contributed by atoms with E-state index in [1.807, 2.05) is 6.92 Å². The molecule has 3 nitrogen and oxygen atoms in total. The minimum atomic E-state index is -0.833. The molecule has 1 atom stereocenters. The monoisotopic (exact) mass is 246 g/mol. The first kappa shape index (κ1) is 18.8. The van der Waals surface area contributed by atoms with Crippen LogP contribution in [0.5, 0.6) is 0 Å². The molecular formula is C14H30O3. The molecule has 0 saturated heterocycles. The molecule has 0 bridgehead atoms. The maximum atomic E-state index is 9.03. The Hall–Kier alpha value is -0.570. The van der Waals surface area contributed by atoms with Gasteiger partial charge in [0.2, 0.25) is 0 Å². The standard InChI is InChI=1S/C12H26O.C2H4O2/c1-3-4-5-6-7-8-9-10-11-12(2)13;1-2(3)4/h12-13H,3-11H2,1-2H3;1H3,(H,3,4). The van der Waals surface area contributed by atoms with E-state index in [2.05, 4.69) is 6.92 Å². The van der Waals surface area contributed by atoms with Crippen LogP contribution in [-0.2, 0) is 4.79 Å². The summed E-state index contributed by atoms with van der Waals surface area (Å²) in [6, 6.07) is 0. The molecule has 1 unspecified atom stereocenters. The van der Waals surface area contributed by atoms with Gasteiger partial charge in [-0.2, -0.15) is 0 Å². The van der Waals surface area contributed by atoms with Crippen LogP contribution >= 0.6 is 0 Å². The van der Waals surface area contributed by atoms with E-state index in [0.29, 0.717) is 0 Å². The van der Waals surface area contributed by atoms with Gasteiger partial charge >= 0.3 is 0 Å². The van der Waals surface area contributed by atoms with Gasteiger partial charge in [-0.05, 0) is 13.3 Å². The molecule has 0 saturated carbocycles. The summed E-state index contributed by atoms with van der Waals surface area (Å²) in [4.78, 5) is 9.00. The third-order valence-corrected chi connectivity index (χ3v) is 2.48. The van der Waals surface area contributed by atoms with Gasteiger partial charge < -0.3 is 10.2 Å². The lowest BCUT2D eigenvalue weighted by Crippen LogP contribution is -1.98. The highest BCUT2D eigenvalue weighted by Crippen LogP contribution is 2.10. The fraction of sp³-hybridized carbons (Fsp3) is 0.929. The van der Waals surface area contributed by atoms with Crippen LogP contribution in [0.4, 0.5) is 0 Å². The molecule has 0 spiro atoms. The predicted molar refractivity (Wildman–Crippen MR) is 72.2 cm³/mol. The second-order valence-electron chi connectivity index (χ2n) is 4.63. The largest absolute Gasteiger partial charge is 0.481 e. The fourth-order valence-electron chi connectivity index (χ4n) is 1.57. The number of carboxylic acid groups (broad SMARTS) is 1. The van der Waals surface area contributed by atoms with Crippen molar-refractivity contribution < 1.29 is 15.0 Å². The van der Waals surface area contributed by atoms with E-state index in [9.17, 15) is 0 Å². The molecule has 0 aromatic heterocycles. The molecule has 104 valence electrons. The van der Waals surface area contributed by atoms with E-state index < -0.39 is 5.97 Å². The Morgan fingerprint density at radius 1 is 1.00 bits per heavy atom. The second kappa shape index (κ2) is 15.4. The number of rotatable bonds is 9. The van der Waals surface area contributed by atoms with E-state index >= 15 is 0 Å². The van der Waals surface area contributed by atoms with Gasteiger partial charge in [0.05, 0.1) is 6.10 Å². The molecule has 0 aliphatic rings. The average molecular weight is 246 g/mol. The van der Waals surface area contributed by atoms with Crippen LogP contribution in [0.3, 0.4) is 0 Å². The van der Waals surface area contributed by atoms with Gasteiger partial charge in [0.1, 0.15) is 0 Å². The molecule has 0 aliphatic carbocycles. The zero-order valence-corrected chi connectivity index (χ0v) is 11.7. The van der Waals surface area contributed by atoms with Gasteiger partial charge in [-0.25, -0.2) is 0 Å². The van der Waals surface area contributed by atoms with Crippen LogP contribution in [0.25, 0.3) is 0 Å². The molecule has 17 heavy (non-hydrogen) atoms. The van der Waals surface area contributed by atoms with Gasteiger partial charge in [0.15, 0.2) is 0 Å². The summed E-state index contributed by atoms with van der Waals surface area (Å²) in [5.41, 5.74) is 0. The van der Waals surface area contributed by atoms with Crippen LogP contribution in [0, 0.1) is 0 Å². The lowest BCUT2D eigenvalue weighted by atomic mass is 10.1. The summed E-state index contributed by atoms with van der Waals surface area (Å²) >= 11 is 0. The van der Waals surface area contributed by atoms with E-state index in [0.717, 1.165) is 13.3 Å². The van der Waals surface area contributed by atoms with Crippen LogP contribution < -0.4 is 0 Å². The summed E-state index contributed by atoms with van der Waals surface area (Å²) in [5, 5.41) is 16.4. The van der Waals surface area contributed by atoms with E-state index in [4.69, 9.17) is 15.0 Å². The van der Waals surface area contributed by atoms with Gasteiger partial charge in [-0.15, -0.1) is 0 Å². The van der Waals surface area contributed by atoms with Crippen molar-refractivity contribution in [1.82, 2.24) is 0 Å². The van der Waals surface area contributed by atoms with Gasteiger partial charge in [0, 0.05) is 6.92 Å². The Morgan fingerprint density at radius 3 is 1.71 bits per heavy atom. The van der Waals surface area contributed by atoms with Crippen LogP contribution in [0.15, 0.2) is 0 Å². The Bertz CT molecular complexity index is 152. The summed E-state index contributed by atoms with van der Waals surface area (Å²) in [7, 11) is 0. The number of aliphatic carboxylic acids is 1. The number of hydrogen-bond acceptors (Lipinski definition) is 2. The first-order chi connectivity index (χ1) is 8.00. The van der Waals surface area contributed by atoms with E-state index in [1.54, 1.807) is 0 Å². The molecule has 0 aliphatic heterocycles. The Labute approximate surface area is 106 Å². The number of aliphatic hydroxyl groups excluding tert-OH is 1. The fourth-order valence-corrected chi connectivity index (χ4v) is 1.57. The van der Waals surface area contributed by atoms with Crippen molar-refractivity contribution in [3.05, 3.63) is 0 Å². The molecular weight excluding hydrogens is 216 g/mol. The molecule has 0 radical (unpaired) electrons. The van der Waals surface area contributed by atoms with Crippen LogP contribution in [0.1, 0.15) is 78.6 Å². The maximum Gasteiger partial charge on any atom is 0.300 e.